The van der Waals surface area contributed by atoms with Crippen LogP contribution in [0, 0.1) is 0 Å². The normalized spacial score (nSPS) is 11.0. The SMILES string of the molecule is COC(=O)CCN(CCNC(=O)CCN(CCNC(=O)CCN(CCCN=[N+]=[N-])CCC(=O)NCCN(CCC(=O)NCCN(CCC(=O)OC)CCC(=O)OC)CCC(=O)NCCN(CCC(=O)OC)CCC(=O)OC)CCC(=O)NCCN(CCC(=O)OC)CCC(=O)OC)CCC(=O)OC. The molecule has 0 unspecified atom stereocenters. The number of carbonyl (C=O) groups excluding carboxylic acids is 14. The van der Waals surface area contributed by atoms with Gasteiger partial charge in [0.25, 0.3) is 0 Å². The van der Waals surface area contributed by atoms with Crippen molar-refractivity contribution < 1.29 is 105 Å². The molecule has 0 aliphatic heterocycles. The Morgan fingerprint density at radius 1 is 0.243 bits per heavy atom. The summed E-state index contributed by atoms with van der Waals surface area (Å²) in [6.07, 6.45) is 1.08. The smallest absolute Gasteiger partial charge is 0.306 e. The summed E-state index contributed by atoms with van der Waals surface area (Å²) < 4.78 is 38.0. The summed E-state index contributed by atoms with van der Waals surface area (Å²) in [4.78, 5) is 190. The van der Waals surface area contributed by atoms with Gasteiger partial charge in [0, 0.05) is 220 Å². The summed E-state index contributed by atoms with van der Waals surface area (Å²) in [6.45, 7) is 6.78. The van der Waals surface area contributed by atoms with Crippen molar-refractivity contribution in [1.82, 2.24) is 66.2 Å². The van der Waals surface area contributed by atoms with Gasteiger partial charge in [-0.05, 0) is 18.5 Å². The minimum atomic E-state index is -0.434. The molecule has 0 heterocycles. The fourth-order valence-corrected chi connectivity index (χ4v) is 9.78. The molecule has 0 aromatic heterocycles. The molecule has 0 aliphatic rings. The number of esters is 8. The average molecular weight is 1470 g/mol. The second-order valence-electron chi connectivity index (χ2n) is 23.4. The predicted octanol–water partition coefficient (Wildman–Crippen LogP) is -2.66. The van der Waals surface area contributed by atoms with Crippen LogP contribution in [0.5, 0.6) is 0 Å². The first-order valence-corrected chi connectivity index (χ1v) is 34.7. The van der Waals surface area contributed by atoms with Crippen molar-refractivity contribution in [1.29, 1.82) is 0 Å². The minimum absolute atomic E-state index is 0.0156. The minimum Gasteiger partial charge on any atom is -0.469 e. The number of methoxy groups -OCH3 is 8. The van der Waals surface area contributed by atoms with E-state index in [0.29, 0.717) is 39.1 Å². The molecule has 38 nitrogen and oxygen atoms in total. The topological polar surface area (TPSA) is 456 Å². The van der Waals surface area contributed by atoms with Gasteiger partial charge in [0.15, 0.2) is 0 Å². The summed E-state index contributed by atoms with van der Waals surface area (Å²) in [5.41, 5.74) is 8.93. The Morgan fingerprint density at radius 2 is 0.388 bits per heavy atom. The van der Waals surface area contributed by atoms with Crippen LogP contribution >= 0.6 is 0 Å². The Bertz CT molecular complexity index is 2220. The van der Waals surface area contributed by atoms with E-state index in [-0.39, 0.29) is 276 Å². The number of hydrogen-bond donors (Lipinski definition) is 6. The molecule has 0 atom stereocenters. The lowest BCUT2D eigenvalue weighted by atomic mass is 10.2. The molecule has 0 aromatic carbocycles. The van der Waals surface area contributed by atoms with Crippen molar-refractivity contribution in [2.45, 2.75) is 96.3 Å². The molecular weight excluding hydrogens is 1360 g/mol. The van der Waals surface area contributed by atoms with E-state index >= 15 is 0 Å². The van der Waals surface area contributed by atoms with E-state index < -0.39 is 47.8 Å². The third-order valence-electron chi connectivity index (χ3n) is 16.1. The van der Waals surface area contributed by atoms with Crippen LogP contribution in [-0.4, -0.2) is 358 Å². The van der Waals surface area contributed by atoms with E-state index in [4.69, 9.17) is 43.4 Å². The van der Waals surface area contributed by atoms with Gasteiger partial charge in [0.2, 0.25) is 35.4 Å². The van der Waals surface area contributed by atoms with Crippen molar-refractivity contribution in [3.05, 3.63) is 10.4 Å². The van der Waals surface area contributed by atoms with E-state index in [2.05, 4.69) is 41.9 Å². The molecule has 0 spiro atoms. The van der Waals surface area contributed by atoms with Gasteiger partial charge in [0.1, 0.15) is 0 Å². The maximum Gasteiger partial charge on any atom is 0.306 e. The Balaban J connectivity index is 6.10. The summed E-state index contributed by atoms with van der Waals surface area (Å²) in [5.74, 6) is -5.35. The number of amides is 6. The number of azide groups is 1. The zero-order chi connectivity index (χ0) is 76.8. The summed E-state index contributed by atoms with van der Waals surface area (Å²) in [6, 6.07) is 0. The molecule has 0 aliphatic carbocycles. The Morgan fingerprint density at radius 3 is 0.534 bits per heavy atom. The maximum atomic E-state index is 13.4. The van der Waals surface area contributed by atoms with Gasteiger partial charge in [0.05, 0.1) is 108 Å². The quantitative estimate of drug-likeness (QED) is 0.00904. The summed E-state index contributed by atoms with van der Waals surface area (Å²) in [7, 11) is 10.2. The molecule has 0 saturated heterocycles. The molecule has 6 amide bonds. The second-order valence-corrected chi connectivity index (χ2v) is 23.4. The highest BCUT2D eigenvalue weighted by atomic mass is 16.5. The highest BCUT2D eigenvalue weighted by Crippen LogP contribution is 2.05. The van der Waals surface area contributed by atoms with Crippen molar-refractivity contribution >= 4 is 83.2 Å². The summed E-state index contributed by atoms with van der Waals surface area (Å²) >= 11 is 0. The molecule has 0 radical (unpaired) electrons. The van der Waals surface area contributed by atoms with E-state index in [1.54, 1.807) is 0 Å². The van der Waals surface area contributed by atoms with E-state index in [0.717, 1.165) is 0 Å². The molecule has 0 bridgehead atoms. The fourth-order valence-electron chi connectivity index (χ4n) is 9.78. The lowest BCUT2D eigenvalue weighted by Crippen LogP contribution is -2.42. The van der Waals surface area contributed by atoms with E-state index in [1.807, 2.05) is 34.3 Å². The number of carbonyl (C=O) groups is 14. The first kappa shape index (κ1) is 94.6. The predicted molar refractivity (Wildman–Crippen MR) is 373 cm³/mol. The molecule has 0 fully saturated rings. The van der Waals surface area contributed by atoms with Crippen LogP contribution in [0.4, 0.5) is 0 Å². The first-order chi connectivity index (χ1) is 49.5. The van der Waals surface area contributed by atoms with Crippen LogP contribution < -0.4 is 31.9 Å². The fraction of sp³-hybridized carbons (Fsp3) is 0.785. The zero-order valence-corrected chi connectivity index (χ0v) is 61.9. The molecular formula is C65H116N16O22. The van der Waals surface area contributed by atoms with Gasteiger partial charge in [-0.15, -0.1) is 0 Å². The lowest BCUT2D eigenvalue weighted by molar-refractivity contribution is -0.142. The van der Waals surface area contributed by atoms with Crippen LogP contribution in [0.15, 0.2) is 5.11 Å². The Hall–Kier alpha value is -8.39. The first-order valence-electron chi connectivity index (χ1n) is 34.7. The van der Waals surface area contributed by atoms with Crippen molar-refractivity contribution in [3.63, 3.8) is 0 Å². The van der Waals surface area contributed by atoms with Crippen LogP contribution in [0.25, 0.3) is 10.4 Å². The van der Waals surface area contributed by atoms with Gasteiger partial charge < -0.3 is 104 Å². The molecule has 103 heavy (non-hydrogen) atoms. The van der Waals surface area contributed by atoms with Gasteiger partial charge >= 0.3 is 47.8 Å². The zero-order valence-electron chi connectivity index (χ0n) is 61.9. The molecule has 0 aromatic rings. The van der Waals surface area contributed by atoms with Crippen LogP contribution in [0.3, 0.4) is 0 Å². The van der Waals surface area contributed by atoms with E-state index in [9.17, 15) is 67.1 Å². The molecule has 0 saturated carbocycles. The average Bonchev–Trinajstić information content (AvgIpc) is 3.93. The molecule has 6 N–H and O–H groups in total. The highest BCUT2D eigenvalue weighted by molar-refractivity contribution is 5.79. The number of rotatable bonds is 64. The van der Waals surface area contributed by atoms with Crippen molar-refractivity contribution in [2.24, 2.45) is 5.11 Å². The third kappa shape index (κ3) is 54.9. The third-order valence-corrected chi connectivity index (χ3v) is 16.1. The number of nitrogens with one attached hydrogen (secondary N) is 6. The monoisotopic (exact) mass is 1470 g/mol. The number of ether oxygens (including phenoxy) is 8. The molecule has 588 valence electrons. The second kappa shape index (κ2) is 62.2. The van der Waals surface area contributed by atoms with Crippen LogP contribution in [0.2, 0.25) is 0 Å². The van der Waals surface area contributed by atoms with E-state index in [1.165, 1.54) is 56.9 Å². The summed E-state index contributed by atoms with van der Waals surface area (Å²) in [5, 5.41) is 20.9. The van der Waals surface area contributed by atoms with Crippen LogP contribution in [-0.2, 0) is 105 Å². The number of nitrogens with zero attached hydrogens (tertiary/aromatic N) is 10. The lowest BCUT2D eigenvalue weighted by Gasteiger charge is -2.24. The van der Waals surface area contributed by atoms with Gasteiger partial charge in [-0.2, -0.15) is 0 Å². The Labute approximate surface area is 604 Å². The molecule has 0 rings (SSSR count). The van der Waals surface area contributed by atoms with Crippen molar-refractivity contribution in [3.8, 4) is 0 Å². The maximum absolute atomic E-state index is 13.4. The highest BCUT2D eigenvalue weighted by Gasteiger charge is 2.20. The van der Waals surface area contributed by atoms with Crippen LogP contribution in [0.1, 0.15) is 96.3 Å². The standard InChI is InChI=1S/C65H116N16O22/c1-96-58(88)16-38-78(39-17-59(89)97-2)48-27-69-54(84)12-34-76(35-13-55(85)70-28-49-79(40-18-60(90)98-3)41-19-61(91)99-4)46-25-67-52(82)10-32-75(31-9-24-73-74-66)33-11-53(83)68-26-47-77(36-14-56(86)71-29-50-80(42-20-62(92)100-5)43-21-63(93)101-6)37-15-57(87)72-30-51-81(44-22-64(94)102-7)45-23-65(95)103-8/h9-51H2,1-8H3,(H,67,82)(H,68,83)(H,69,84)(H,70,85)(H,71,86)(H,72,87). The molecule has 38 heteroatoms. The van der Waals surface area contributed by atoms with Gasteiger partial charge in [-0.1, -0.05) is 5.11 Å². The van der Waals surface area contributed by atoms with Crippen molar-refractivity contribution in [2.75, 3.05) is 240 Å². The Kier molecular flexibility index (Phi) is 57.1. The van der Waals surface area contributed by atoms with Gasteiger partial charge in [-0.25, -0.2) is 0 Å². The van der Waals surface area contributed by atoms with Gasteiger partial charge in [-0.3, -0.25) is 67.1 Å². The number of hydrogen-bond acceptors (Lipinski definition) is 30. The largest absolute Gasteiger partial charge is 0.469 e.